The van der Waals surface area contributed by atoms with Crippen molar-refractivity contribution in [3.63, 3.8) is 0 Å². The van der Waals surface area contributed by atoms with Gasteiger partial charge in [-0.1, -0.05) is 54.1 Å². The largest absolute Gasteiger partial charge is 0.457 e. The third-order valence-electron chi connectivity index (χ3n) is 7.09. The van der Waals surface area contributed by atoms with Crippen LogP contribution in [0, 0.1) is 0 Å². The molecule has 3 amide bonds. The van der Waals surface area contributed by atoms with Crippen molar-refractivity contribution in [2.45, 2.75) is 5.92 Å². The van der Waals surface area contributed by atoms with Crippen LogP contribution >= 0.6 is 11.6 Å². The van der Waals surface area contributed by atoms with Crippen LogP contribution in [-0.2, 0) is 4.79 Å². The molecule has 0 atom stereocenters. The van der Waals surface area contributed by atoms with Gasteiger partial charge in [0, 0.05) is 59.4 Å². The number of rotatable bonds is 4. The first kappa shape index (κ1) is 24.8. The number of ether oxygens (including phenoxy) is 1. The Morgan fingerprint density at radius 2 is 1.33 bits per heavy atom. The monoisotopic (exact) mass is 538 g/mol. The van der Waals surface area contributed by atoms with E-state index in [0.717, 1.165) is 41.4 Å². The highest BCUT2D eigenvalue weighted by Crippen LogP contribution is 2.44. The SMILES string of the molecule is O=C(Nc1ccc(N2CCN(C(=O)C3c4ccccc4Oc4ccccc43)CC2)cc1)Nc1cccc(Cl)c1. The first-order chi connectivity index (χ1) is 19.0. The molecule has 0 saturated carbocycles. The summed E-state index contributed by atoms with van der Waals surface area (Å²) in [5, 5.41) is 6.17. The van der Waals surface area contributed by atoms with E-state index in [1.54, 1.807) is 24.3 Å². The number of hydrogen-bond donors (Lipinski definition) is 2. The number of urea groups is 1. The molecule has 1 fully saturated rings. The van der Waals surface area contributed by atoms with Gasteiger partial charge in [-0.15, -0.1) is 0 Å². The number of anilines is 3. The van der Waals surface area contributed by atoms with Gasteiger partial charge >= 0.3 is 6.03 Å². The predicted octanol–water partition coefficient (Wildman–Crippen LogP) is 6.57. The zero-order chi connectivity index (χ0) is 26.8. The summed E-state index contributed by atoms with van der Waals surface area (Å²) in [6.07, 6.45) is 0. The maximum Gasteiger partial charge on any atom is 0.323 e. The van der Waals surface area contributed by atoms with Crippen LogP contribution in [0.1, 0.15) is 17.0 Å². The minimum absolute atomic E-state index is 0.100. The number of amides is 3. The Kier molecular flexibility index (Phi) is 6.82. The van der Waals surface area contributed by atoms with Crippen molar-refractivity contribution in [1.29, 1.82) is 0 Å². The number of benzene rings is 4. The lowest BCUT2D eigenvalue weighted by Crippen LogP contribution is -2.50. The summed E-state index contributed by atoms with van der Waals surface area (Å²) in [4.78, 5) is 30.4. The number of halogens is 1. The van der Waals surface area contributed by atoms with Gasteiger partial charge in [-0.05, 0) is 54.6 Å². The van der Waals surface area contributed by atoms with E-state index in [1.165, 1.54) is 0 Å². The van der Waals surface area contributed by atoms with E-state index in [4.69, 9.17) is 16.3 Å². The van der Waals surface area contributed by atoms with Crippen molar-refractivity contribution in [1.82, 2.24) is 4.90 Å². The van der Waals surface area contributed by atoms with Crippen LogP contribution in [0.3, 0.4) is 0 Å². The molecule has 2 aliphatic rings. The van der Waals surface area contributed by atoms with Gasteiger partial charge in [0.15, 0.2) is 0 Å². The molecule has 0 radical (unpaired) electrons. The molecule has 0 aromatic heterocycles. The molecule has 2 N–H and O–H groups in total. The van der Waals surface area contributed by atoms with Crippen LogP contribution in [-0.4, -0.2) is 43.0 Å². The number of nitrogens with zero attached hydrogens (tertiary/aromatic N) is 2. The van der Waals surface area contributed by atoms with Gasteiger partial charge in [0.05, 0.1) is 5.92 Å². The molecule has 1 saturated heterocycles. The van der Waals surface area contributed by atoms with Gasteiger partial charge in [-0.3, -0.25) is 4.79 Å². The highest BCUT2D eigenvalue weighted by molar-refractivity contribution is 6.30. The third-order valence-corrected chi connectivity index (χ3v) is 7.33. The average Bonchev–Trinajstić information content (AvgIpc) is 2.96. The van der Waals surface area contributed by atoms with Crippen LogP contribution in [0.25, 0.3) is 0 Å². The second-order valence-electron chi connectivity index (χ2n) is 9.56. The van der Waals surface area contributed by atoms with Crippen LogP contribution in [0.2, 0.25) is 5.02 Å². The van der Waals surface area contributed by atoms with Gasteiger partial charge < -0.3 is 25.2 Å². The lowest BCUT2D eigenvalue weighted by Gasteiger charge is -2.38. The molecular weight excluding hydrogens is 512 g/mol. The van der Waals surface area contributed by atoms with E-state index >= 15 is 0 Å². The van der Waals surface area contributed by atoms with Crippen molar-refractivity contribution < 1.29 is 14.3 Å². The molecule has 2 aliphatic heterocycles. The van der Waals surface area contributed by atoms with Crippen molar-refractivity contribution in [3.05, 3.63) is 113 Å². The van der Waals surface area contributed by atoms with E-state index in [1.807, 2.05) is 77.7 Å². The number of carbonyl (C=O) groups is 2. The number of para-hydroxylation sites is 2. The molecule has 0 aliphatic carbocycles. The molecular formula is C31H27ClN4O3. The highest BCUT2D eigenvalue weighted by Gasteiger charge is 2.36. The molecule has 0 bridgehead atoms. The standard InChI is InChI=1S/C31H27ClN4O3/c32-21-6-5-7-23(20-21)34-31(38)33-22-12-14-24(15-13-22)35-16-18-36(19-17-35)30(37)29-25-8-1-3-10-27(25)39-28-11-4-2-9-26(28)29/h1-15,20,29H,16-19H2,(H2,33,34,38). The van der Waals surface area contributed by atoms with Crippen LogP contribution < -0.4 is 20.3 Å². The number of nitrogens with one attached hydrogen (secondary N) is 2. The normalized spacial score (nSPS) is 14.6. The lowest BCUT2D eigenvalue weighted by atomic mass is 9.86. The van der Waals surface area contributed by atoms with E-state index < -0.39 is 0 Å². The number of carbonyl (C=O) groups excluding carboxylic acids is 2. The van der Waals surface area contributed by atoms with Crippen molar-refractivity contribution in [3.8, 4) is 11.5 Å². The molecule has 0 spiro atoms. The van der Waals surface area contributed by atoms with Crippen LogP contribution in [0.4, 0.5) is 21.9 Å². The highest BCUT2D eigenvalue weighted by atomic mass is 35.5. The second-order valence-corrected chi connectivity index (χ2v) is 10.00. The van der Waals surface area contributed by atoms with Gasteiger partial charge in [0.2, 0.25) is 5.91 Å². The van der Waals surface area contributed by atoms with Crippen molar-refractivity contribution >= 4 is 40.6 Å². The van der Waals surface area contributed by atoms with Gasteiger partial charge in [0.1, 0.15) is 11.5 Å². The molecule has 7 nitrogen and oxygen atoms in total. The Morgan fingerprint density at radius 3 is 1.97 bits per heavy atom. The number of piperazine rings is 1. The smallest absolute Gasteiger partial charge is 0.323 e. The fourth-order valence-corrected chi connectivity index (χ4v) is 5.35. The Morgan fingerprint density at radius 1 is 0.718 bits per heavy atom. The fraction of sp³-hybridized carbons (Fsp3) is 0.161. The molecule has 4 aromatic rings. The zero-order valence-electron chi connectivity index (χ0n) is 21.1. The Balaban J connectivity index is 1.08. The maximum absolute atomic E-state index is 13.8. The molecule has 2 heterocycles. The van der Waals surface area contributed by atoms with Gasteiger partial charge in [-0.2, -0.15) is 0 Å². The van der Waals surface area contributed by atoms with Gasteiger partial charge in [-0.25, -0.2) is 4.79 Å². The molecule has 4 aromatic carbocycles. The third kappa shape index (κ3) is 5.26. The summed E-state index contributed by atoms with van der Waals surface area (Å²) in [5.74, 6) is 1.20. The average molecular weight is 539 g/mol. The second kappa shape index (κ2) is 10.7. The molecule has 8 heteroatoms. The van der Waals surface area contributed by atoms with E-state index in [9.17, 15) is 9.59 Å². The summed E-state index contributed by atoms with van der Waals surface area (Å²) < 4.78 is 6.07. The minimum Gasteiger partial charge on any atom is -0.457 e. The first-order valence-electron chi connectivity index (χ1n) is 12.9. The Hall–Kier alpha value is -4.49. The minimum atomic E-state index is -0.374. The zero-order valence-corrected chi connectivity index (χ0v) is 21.9. The summed E-state index contributed by atoms with van der Waals surface area (Å²) in [7, 11) is 0. The summed E-state index contributed by atoms with van der Waals surface area (Å²) in [6, 6.07) is 29.9. The summed E-state index contributed by atoms with van der Waals surface area (Å²) >= 11 is 5.98. The lowest BCUT2D eigenvalue weighted by molar-refractivity contribution is -0.132. The first-order valence-corrected chi connectivity index (χ1v) is 13.3. The fourth-order valence-electron chi connectivity index (χ4n) is 5.16. The quantitative estimate of drug-likeness (QED) is 0.308. The summed E-state index contributed by atoms with van der Waals surface area (Å²) in [6.45, 7) is 2.70. The molecule has 6 rings (SSSR count). The van der Waals surface area contributed by atoms with Crippen molar-refractivity contribution in [2.24, 2.45) is 0 Å². The van der Waals surface area contributed by atoms with E-state index in [-0.39, 0.29) is 17.9 Å². The topological polar surface area (TPSA) is 73.9 Å². The van der Waals surface area contributed by atoms with Crippen LogP contribution in [0.5, 0.6) is 11.5 Å². The molecule has 0 unspecified atom stereocenters. The Labute approximate surface area is 232 Å². The molecule has 39 heavy (non-hydrogen) atoms. The van der Waals surface area contributed by atoms with Crippen molar-refractivity contribution in [2.75, 3.05) is 41.7 Å². The van der Waals surface area contributed by atoms with E-state index in [0.29, 0.717) is 29.5 Å². The number of hydrogen-bond acceptors (Lipinski definition) is 4. The maximum atomic E-state index is 13.8. The van der Waals surface area contributed by atoms with E-state index in [2.05, 4.69) is 15.5 Å². The molecule has 196 valence electrons. The summed E-state index contributed by atoms with van der Waals surface area (Å²) in [5.41, 5.74) is 4.17. The van der Waals surface area contributed by atoms with Crippen LogP contribution in [0.15, 0.2) is 97.1 Å². The number of fused-ring (bicyclic) bond motifs is 2. The Bertz CT molecular complexity index is 1470. The predicted molar refractivity (Wildman–Crippen MR) is 154 cm³/mol. The van der Waals surface area contributed by atoms with Gasteiger partial charge in [0.25, 0.3) is 0 Å².